The second-order valence-electron chi connectivity index (χ2n) is 9.12. The smallest absolute Gasteiger partial charge is 0.262 e. The van der Waals surface area contributed by atoms with Crippen LogP contribution in [-0.2, 0) is 24.3 Å². The lowest BCUT2D eigenvalue weighted by Gasteiger charge is -2.29. The molecule has 1 amide bonds. The van der Waals surface area contributed by atoms with Gasteiger partial charge in [0.25, 0.3) is 5.91 Å². The van der Waals surface area contributed by atoms with Crippen molar-refractivity contribution in [2.24, 2.45) is 0 Å². The van der Waals surface area contributed by atoms with Crippen molar-refractivity contribution in [3.63, 3.8) is 0 Å². The van der Waals surface area contributed by atoms with Crippen molar-refractivity contribution in [2.45, 2.75) is 39.3 Å². The zero-order chi connectivity index (χ0) is 25.7. The van der Waals surface area contributed by atoms with Gasteiger partial charge < -0.3 is 23.9 Å². The van der Waals surface area contributed by atoms with Crippen LogP contribution in [0.5, 0.6) is 17.2 Å². The summed E-state index contributed by atoms with van der Waals surface area (Å²) < 4.78 is 21.9. The standard InChI is InChI=1S/C28H32N2O6/c1-18(2)19-5-7-22(8-6-19)29-28(32)17-36-27-16-35-23(13-24(27)31)15-30-10-9-20-11-25(33-3)26(34-4)12-21(20)14-30/h5-8,11-13,16,18H,9-10,14-15,17H2,1-4H3,(H,29,32). The number of ether oxygens (including phenoxy) is 3. The summed E-state index contributed by atoms with van der Waals surface area (Å²) in [4.78, 5) is 27.0. The molecule has 0 spiro atoms. The molecule has 0 radical (unpaired) electrons. The fraction of sp³-hybridized carbons (Fsp3) is 0.357. The number of nitrogens with one attached hydrogen (secondary N) is 1. The normalized spacial score (nSPS) is 13.2. The third kappa shape index (κ3) is 6.07. The maximum Gasteiger partial charge on any atom is 0.262 e. The maximum absolute atomic E-state index is 12.5. The number of hydrogen-bond acceptors (Lipinski definition) is 7. The van der Waals surface area contributed by atoms with Crippen LogP contribution >= 0.6 is 0 Å². The molecule has 2 aromatic carbocycles. The summed E-state index contributed by atoms with van der Waals surface area (Å²) in [5, 5.41) is 2.77. The molecule has 1 aliphatic rings. The van der Waals surface area contributed by atoms with E-state index in [9.17, 15) is 9.59 Å². The third-order valence-corrected chi connectivity index (χ3v) is 6.25. The van der Waals surface area contributed by atoms with Gasteiger partial charge in [0.1, 0.15) is 12.0 Å². The van der Waals surface area contributed by atoms with E-state index in [2.05, 4.69) is 24.1 Å². The number of benzene rings is 2. The molecule has 190 valence electrons. The molecule has 0 aliphatic carbocycles. The SMILES string of the molecule is COc1cc2c(cc1OC)CN(Cc1cc(=O)c(OCC(=O)Nc3ccc(C(C)C)cc3)co1)CC2. The molecule has 2 heterocycles. The first-order valence-electron chi connectivity index (χ1n) is 12.0. The van der Waals surface area contributed by atoms with E-state index in [1.165, 1.54) is 23.5 Å². The Balaban J connectivity index is 1.32. The predicted molar refractivity (Wildman–Crippen MR) is 137 cm³/mol. The van der Waals surface area contributed by atoms with Crippen molar-refractivity contribution in [3.8, 4) is 17.2 Å². The van der Waals surface area contributed by atoms with Crippen molar-refractivity contribution in [2.75, 3.05) is 32.7 Å². The number of nitrogens with zero attached hydrogens (tertiary/aromatic N) is 1. The molecule has 1 aliphatic heterocycles. The molecule has 8 heteroatoms. The molecule has 0 unspecified atom stereocenters. The quantitative estimate of drug-likeness (QED) is 0.475. The van der Waals surface area contributed by atoms with E-state index in [4.69, 9.17) is 18.6 Å². The van der Waals surface area contributed by atoms with Crippen molar-refractivity contribution in [3.05, 3.63) is 81.4 Å². The number of carbonyl (C=O) groups excluding carboxylic acids is 1. The highest BCUT2D eigenvalue weighted by molar-refractivity contribution is 5.91. The van der Waals surface area contributed by atoms with E-state index in [1.54, 1.807) is 14.2 Å². The number of methoxy groups -OCH3 is 2. The Kier molecular flexibility index (Phi) is 7.95. The number of anilines is 1. The highest BCUT2D eigenvalue weighted by Gasteiger charge is 2.20. The first-order valence-corrected chi connectivity index (χ1v) is 12.0. The molecular formula is C28H32N2O6. The molecule has 3 aromatic rings. The average Bonchev–Trinajstić information content (AvgIpc) is 2.87. The van der Waals surface area contributed by atoms with Gasteiger partial charge in [-0.15, -0.1) is 0 Å². The number of fused-ring (bicyclic) bond motifs is 1. The van der Waals surface area contributed by atoms with Crippen molar-refractivity contribution >= 4 is 11.6 Å². The van der Waals surface area contributed by atoms with Gasteiger partial charge in [0.2, 0.25) is 11.2 Å². The van der Waals surface area contributed by atoms with Crippen LogP contribution < -0.4 is 25.0 Å². The monoisotopic (exact) mass is 492 g/mol. The zero-order valence-corrected chi connectivity index (χ0v) is 21.1. The minimum Gasteiger partial charge on any atom is -0.493 e. The zero-order valence-electron chi connectivity index (χ0n) is 21.1. The van der Waals surface area contributed by atoms with Gasteiger partial charge >= 0.3 is 0 Å². The van der Waals surface area contributed by atoms with E-state index in [1.807, 2.05) is 36.4 Å². The van der Waals surface area contributed by atoms with Gasteiger partial charge in [-0.2, -0.15) is 0 Å². The molecule has 0 saturated heterocycles. The summed E-state index contributed by atoms with van der Waals surface area (Å²) in [6, 6.07) is 13.1. The average molecular weight is 493 g/mol. The summed E-state index contributed by atoms with van der Waals surface area (Å²) in [6.07, 6.45) is 2.13. The predicted octanol–water partition coefficient (Wildman–Crippen LogP) is 4.36. The van der Waals surface area contributed by atoms with Crippen LogP contribution in [0.1, 0.15) is 42.2 Å². The number of rotatable bonds is 9. The van der Waals surface area contributed by atoms with Crippen LogP contribution in [0, 0.1) is 0 Å². The summed E-state index contributed by atoms with van der Waals surface area (Å²) in [5.41, 5.74) is 3.92. The summed E-state index contributed by atoms with van der Waals surface area (Å²) in [5.74, 6) is 2.02. The van der Waals surface area contributed by atoms with Gasteiger partial charge in [-0.3, -0.25) is 14.5 Å². The lowest BCUT2D eigenvalue weighted by Crippen LogP contribution is -2.30. The molecule has 0 fully saturated rings. The van der Waals surface area contributed by atoms with Crippen LogP contribution in [0.25, 0.3) is 0 Å². The van der Waals surface area contributed by atoms with E-state index in [-0.39, 0.29) is 23.7 Å². The first kappa shape index (κ1) is 25.3. The lowest BCUT2D eigenvalue weighted by molar-refractivity contribution is -0.118. The van der Waals surface area contributed by atoms with Gasteiger partial charge in [-0.1, -0.05) is 26.0 Å². The van der Waals surface area contributed by atoms with Crippen molar-refractivity contribution in [1.82, 2.24) is 4.90 Å². The fourth-order valence-corrected chi connectivity index (χ4v) is 4.22. The Bertz CT molecular complexity index is 1270. The largest absolute Gasteiger partial charge is 0.493 e. The second-order valence-corrected chi connectivity index (χ2v) is 9.12. The highest BCUT2D eigenvalue weighted by Crippen LogP contribution is 2.33. The Hall–Kier alpha value is -3.78. The van der Waals surface area contributed by atoms with E-state index < -0.39 is 0 Å². The molecule has 1 aromatic heterocycles. The van der Waals surface area contributed by atoms with Crippen LogP contribution in [0.3, 0.4) is 0 Å². The van der Waals surface area contributed by atoms with Crippen LogP contribution in [0.4, 0.5) is 5.69 Å². The minimum atomic E-state index is -0.352. The van der Waals surface area contributed by atoms with Gasteiger partial charge in [0, 0.05) is 24.8 Å². The molecular weight excluding hydrogens is 460 g/mol. The molecule has 0 atom stereocenters. The topological polar surface area (TPSA) is 90.2 Å². The van der Waals surface area contributed by atoms with E-state index in [0.717, 1.165) is 24.3 Å². The van der Waals surface area contributed by atoms with Crippen molar-refractivity contribution < 1.29 is 23.4 Å². The summed E-state index contributed by atoms with van der Waals surface area (Å²) in [6.45, 7) is 5.94. The van der Waals surface area contributed by atoms with E-state index >= 15 is 0 Å². The summed E-state index contributed by atoms with van der Waals surface area (Å²) in [7, 11) is 3.25. The first-order chi connectivity index (χ1) is 17.4. The number of carbonyl (C=O) groups is 1. The minimum absolute atomic E-state index is 0.00452. The Morgan fingerprint density at radius 2 is 1.72 bits per heavy atom. The third-order valence-electron chi connectivity index (χ3n) is 6.25. The Morgan fingerprint density at radius 3 is 2.36 bits per heavy atom. The van der Waals surface area contributed by atoms with Gasteiger partial charge in [0.15, 0.2) is 18.1 Å². The molecule has 8 nitrogen and oxygen atoms in total. The Labute approximate surface area is 210 Å². The fourth-order valence-electron chi connectivity index (χ4n) is 4.22. The molecule has 4 rings (SSSR count). The van der Waals surface area contributed by atoms with Gasteiger partial charge in [0.05, 0.1) is 20.8 Å². The van der Waals surface area contributed by atoms with Gasteiger partial charge in [-0.25, -0.2) is 0 Å². The maximum atomic E-state index is 12.5. The van der Waals surface area contributed by atoms with Crippen molar-refractivity contribution in [1.29, 1.82) is 0 Å². The highest BCUT2D eigenvalue weighted by atomic mass is 16.5. The van der Waals surface area contributed by atoms with E-state index in [0.29, 0.717) is 36.2 Å². The second kappa shape index (κ2) is 11.3. The lowest BCUT2D eigenvalue weighted by atomic mass is 9.98. The summed E-state index contributed by atoms with van der Waals surface area (Å²) >= 11 is 0. The van der Waals surface area contributed by atoms with Gasteiger partial charge in [-0.05, 0) is 53.3 Å². The molecule has 1 N–H and O–H groups in total. The molecule has 36 heavy (non-hydrogen) atoms. The van der Waals surface area contributed by atoms with Crippen LogP contribution in [0.2, 0.25) is 0 Å². The number of amides is 1. The van der Waals surface area contributed by atoms with Crippen LogP contribution in [-0.4, -0.2) is 38.2 Å². The molecule has 0 saturated carbocycles. The number of hydrogen-bond donors (Lipinski definition) is 1. The Morgan fingerprint density at radius 1 is 1.03 bits per heavy atom. The van der Waals surface area contributed by atoms with Crippen LogP contribution in [0.15, 0.2) is 57.9 Å². The molecule has 0 bridgehead atoms.